The summed E-state index contributed by atoms with van der Waals surface area (Å²) in [5.74, 6) is 1.44. The van der Waals surface area contributed by atoms with E-state index in [1.165, 1.54) is 4.90 Å². The maximum Gasteiger partial charge on any atom is 0.407 e. The molecule has 0 aromatic carbocycles. The summed E-state index contributed by atoms with van der Waals surface area (Å²) in [5.41, 5.74) is 1.53. The van der Waals surface area contributed by atoms with E-state index in [1.807, 2.05) is 19.9 Å². The van der Waals surface area contributed by atoms with Crippen molar-refractivity contribution in [3.63, 3.8) is 0 Å². The van der Waals surface area contributed by atoms with E-state index < -0.39 is 0 Å². The summed E-state index contributed by atoms with van der Waals surface area (Å²) in [6.07, 6.45) is 3.63. The van der Waals surface area contributed by atoms with Crippen LogP contribution in [0.3, 0.4) is 0 Å². The minimum atomic E-state index is -0.361. The molecule has 1 fully saturated rings. The fourth-order valence-corrected chi connectivity index (χ4v) is 3.34. The van der Waals surface area contributed by atoms with Crippen LogP contribution in [0.25, 0.3) is 0 Å². The number of pyridine rings is 1. The highest BCUT2D eigenvalue weighted by Crippen LogP contribution is 2.36. The van der Waals surface area contributed by atoms with Gasteiger partial charge in [-0.25, -0.2) is 9.78 Å². The second kappa shape index (κ2) is 8.93. The van der Waals surface area contributed by atoms with Crippen LogP contribution in [0.4, 0.5) is 16.4 Å². The second-order valence-corrected chi connectivity index (χ2v) is 7.80. The van der Waals surface area contributed by atoms with Gasteiger partial charge in [0.05, 0.1) is 5.56 Å². The van der Waals surface area contributed by atoms with Crippen molar-refractivity contribution in [2.45, 2.75) is 51.2 Å². The molecule has 1 aliphatic rings. The number of anilines is 2. The zero-order chi connectivity index (χ0) is 21.0. The lowest BCUT2D eigenvalue weighted by Gasteiger charge is -2.14. The number of amides is 2. The van der Waals surface area contributed by atoms with Crippen molar-refractivity contribution in [3.05, 3.63) is 35.7 Å². The molecule has 3 N–H and O–H groups in total. The molecule has 9 nitrogen and oxygen atoms in total. The molecule has 0 saturated heterocycles. The van der Waals surface area contributed by atoms with Gasteiger partial charge in [0.15, 0.2) is 5.82 Å². The van der Waals surface area contributed by atoms with Gasteiger partial charge in [0, 0.05) is 44.0 Å². The second-order valence-electron chi connectivity index (χ2n) is 7.80. The van der Waals surface area contributed by atoms with Crippen LogP contribution in [-0.2, 0) is 4.74 Å². The molecule has 0 radical (unpaired) electrons. The van der Waals surface area contributed by atoms with Crippen LogP contribution in [-0.4, -0.2) is 58.3 Å². The van der Waals surface area contributed by atoms with Gasteiger partial charge < -0.3 is 20.3 Å². The van der Waals surface area contributed by atoms with Crippen molar-refractivity contribution >= 4 is 23.6 Å². The van der Waals surface area contributed by atoms with Crippen LogP contribution in [0.15, 0.2) is 24.4 Å². The van der Waals surface area contributed by atoms with E-state index in [9.17, 15) is 9.59 Å². The number of carbonyl (C=O) groups is 2. The molecule has 2 aromatic rings. The molecule has 9 heteroatoms. The molecule has 29 heavy (non-hydrogen) atoms. The average Bonchev–Trinajstić information content (AvgIpc) is 3.30. The molecule has 0 spiro atoms. The minimum absolute atomic E-state index is 0.0598. The van der Waals surface area contributed by atoms with Crippen LogP contribution < -0.4 is 10.6 Å². The van der Waals surface area contributed by atoms with Gasteiger partial charge in [0.2, 0.25) is 0 Å². The summed E-state index contributed by atoms with van der Waals surface area (Å²) in [7, 11) is 3.41. The first-order chi connectivity index (χ1) is 13.8. The first kappa shape index (κ1) is 20.6. The third-order valence-corrected chi connectivity index (χ3v) is 4.77. The quantitative estimate of drug-likeness (QED) is 0.687. The summed E-state index contributed by atoms with van der Waals surface area (Å²) in [6, 6.07) is 5.48. The monoisotopic (exact) mass is 400 g/mol. The lowest BCUT2D eigenvalue weighted by molar-refractivity contribution is 0.0827. The van der Waals surface area contributed by atoms with Gasteiger partial charge in [-0.15, -0.1) is 0 Å². The number of H-pyrrole nitrogens is 1. The maximum absolute atomic E-state index is 11.9. The Labute approximate surface area is 170 Å². The molecule has 156 valence electrons. The van der Waals surface area contributed by atoms with Gasteiger partial charge in [-0.3, -0.25) is 9.89 Å². The predicted octanol–water partition coefficient (Wildman–Crippen LogP) is 3.02. The standard InChI is InChI=1S/C20H28N6O3/c1-12(2)22-20(28)29-15-7-5-13(9-15)16-10-18(25-24-16)23-17-8-6-14(11-21-17)19(27)26(3)4/h6,8,10-13,15H,5,7,9H2,1-4H3,(H,22,28)(H2,21,23,24,25)/t13-,15+/m0/s1. The van der Waals surface area contributed by atoms with Gasteiger partial charge in [-0.1, -0.05) is 0 Å². The Hall–Kier alpha value is -3.10. The van der Waals surface area contributed by atoms with E-state index in [4.69, 9.17) is 4.74 Å². The molecule has 2 aromatic heterocycles. The molecule has 2 amide bonds. The number of aromatic nitrogens is 3. The summed E-state index contributed by atoms with van der Waals surface area (Å²) < 4.78 is 5.48. The maximum atomic E-state index is 11.9. The first-order valence-corrected chi connectivity index (χ1v) is 9.79. The van der Waals surface area contributed by atoms with Crippen LogP contribution >= 0.6 is 0 Å². The first-order valence-electron chi connectivity index (χ1n) is 9.79. The number of nitrogens with one attached hydrogen (secondary N) is 3. The van der Waals surface area contributed by atoms with Gasteiger partial charge >= 0.3 is 6.09 Å². The van der Waals surface area contributed by atoms with Crippen molar-refractivity contribution in [2.75, 3.05) is 19.4 Å². The Balaban J connectivity index is 1.55. The van der Waals surface area contributed by atoms with E-state index in [-0.39, 0.29) is 30.1 Å². The van der Waals surface area contributed by atoms with E-state index in [2.05, 4.69) is 25.8 Å². The minimum Gasteiger partial charge on any atom is -0.446 e. The van der Waals surface area contributed by atoms with E-state index in [0.29, 0.717) is 17.2 Å². The normalized spacial score (nSPS) is 18.5. The lowest BCUT2D eigenvalue weighted by atomic mass is 10.0. The highest BCUT2D eigenvalue weighted by atomic mass is 16.6. The smallest absolute Gasteiger partial charge is 0.407 e. The third-order valence-electron chi connectivity index (χ3n) is 4.77. The molecule has 0 bridgehead atoms. The third kappa shape index (κ3) is 5.46. The molecule has 2 heterocycles. The van der Waals surface area contributed by atoms with Crippen molar-refractivity contribution < 1.29 is 14.3 Å². The fourth-order valence-electron chi connectivity index (χ4n) is 3.34. The van der Waals surface area contributed by atoms with E-state index >= 15 is 0 Å². The molecular weight excluding hydrogens is 372 g/mol. The van der Waals surface area contributed by atoms with Crippen molar-refractivity contribution in [3.8, 4) is 0 Å². The van der Waals surface area contributed by atoms with Crippen LogP contribution in [0.1, 0.15) is 55.1 Å². The van der Waals surface area contributed by atoms with Gasteiger partial charge in [-0.2, -0.15) is 5.10 Å². The number of aromatic amines is 1. The van der Waals surface area contributed by atoms with Gasteiger partial charge in [0.1, 0.15) is 11.9 Å². The SMILES string of the molecule is CC(C)NC(=O)O[C@@H]1CC[C@H](c2cc(Nc3ccc(C(=O)N(C)C)cn3)n[nH]2)C1. The molecular formula is C20H28N6O3. The van der Waals surface area contributed by atoms with Crippen LogP contribution in [0.2, 0.25) is 0 Å². The fraction of sp³-hybridized carbons (Fsp3) is 0.500. The Morgan fingerprint density at radius 2 is 2.03 bits per heavy atom. The molecule has 2 atom stereocenters. The highest BCUT2D eigenvalue weighted by molar-refractivity contribution is 5.93. The molecule has 1 aliphatic carbocycles. The Morgan fingerprint density at radius 1 is 1.24 bits per heavy atom. The lowest BCUT2D eigenvalue weighted by Crippen LogP contribution is -2.33. The number of hydrogen-bond donors (Lipinski definition) is 3. The van der Waals surface area contributed by atoms with Crippen molar-refractivity contribution in [1.82, 2.24) is 25.4 Å². The molecule has 1 saturated carbocycles. The summed E-state index contributed by atoms with van der Waals surface area (Å²) in [5, 5.41) is 13.2. The zero-order valence-electron chi connectivity index (χ0n) is 17.2. The number of hydrogen-bond acceptors (Lipinski definition) is 6. The summed E-state index contributed by atoms with van der Waals surface area (Å²) in [4.78, 5) is 29.5. The number of rotatable bonds is 6. The predicted molar refractivity (Wildman–Crippen MR) is 109 cm³/mol. The average molecular weight is 400 g/mol. The molecule has 3 rings (SSSR count). The van der Waals surface area contributed by atoms with Crippen LogP contribution in [0.5, 0.6) is 0 Å². The zero-order valence-corrected chi connectivity index (χ0v) is 17.2. The Kier molecular flexibility index (Phi) is 6.36. The largest absolute Gasteiger partial charge is 0.446 e. The molecule has 0 aliphatic heterocycles. The van der Waals surface area contributed by atoms with Crippen molar-refractivity contribution in [2.24, 2.45) is 0 Å². The highest BCUT2D eigenvalue weighted by Gasteiger charge is 2.30. The summed E-state index contributed by atoms with van der Waals surface area (Å²) >= 11 is 0. The van der Waals surface area contributed by atoms with Crippen molar-refractivity contribution in [1.29, 1.82) is 0 Å². The van der Waals surface area contributed by atoms with E-state index in [1.54, 1.807) is 32.4 Å². The number of carbonyl (C=O) groups excluding carboxylic acids is 2. The summed E-state index contributed by atoms with van der Waals surface area (Å²) in [6.45, 7) is 3.81. The number of ether oxygens (including phenoxy) is 1. The van der Waals surface area contributed by atoms with E-state index in [0.717, 1.165) is 25.0 Å². The molecule has 0 unspecified atom stereocenters. The van der Waals surface area contributed by atoms with Gasteiger partial charge in [0.25, 0.3) is 5.91 Å². The Morgan fingerprint density at radius 3 is 2.69 bits per heavy atom. The number of nitrogens with zero attached hydrogens (tertiary/aromatic N) is 3. The van der Waals surface area contributed by atoms with Crippen LogP contribution in [0, 0.1) is 0 Å². The topological polar surface area (TPSA) is 112 Å². The van der Waals surface area contributed by atoms with Gasteiger partial charge in [-0.05, 0) is 45.2 Å². The number of alkyl carbamates (subject to hydrolysis) is 1. The Bertz CT molecular complexity index is 846.